The van der Waals surface area contributed by atoms with Crippen LogP contribution in [0.3, 0.4) is 0 Å². The van der Waals surface area contributed by atoms with Crippen molar-refractivity contribution in [1.29, 1.82) is 0 Å². The molecule has 0 saturated carbocycles. The molecule has 0 atom stereocenters. The van der Waals surface area contributed by atoms with Gasteiger partial charge in [-0.05, 0) is 23.7 Å². The van der Waals surface area contributed by atoms with Gasteiger partial charge in [0.2, 0.25) is 0 Å². The fraction of sp³-hybridized carbons (Fsp3) is 0.0909. The third-order valence-corrected chi connectivity index (χ3v) is 2.87. The fourth-order valence-corrected chi connectivity index (χ4v) is 1.92. The van der Waals surface area contributed by atoms with Crippen LogP contribution in [0.15, 0.2) is 35.8 Å². The Kier molecular flexibility index (Phi) is 2.87. The Morgan fingerprint density at radius 1 is 1.44 bits per heavy atom. The zero-order valence-electron chi connectivity index (χ0n) is 8.75. The van der Waals surface area contributed by atoms with E-state index in [4.69, 9.17) is 5.73 Å². The zero-order chi connectivity index (χ0) is 11.5. The van der Waals surface area contributed by atoms with E-state index >= 15 is 0 Å². The van der Waals surface area contributed by atoms with Crippen LogP contribution >= 0.6 is 11.5 Å². The van der Waals surface area contributed by atoms with Crippen LogP contribution in [0.25, 0.3) is 0 Å². The summed E-state index contributed by atoms with van der Waals surface area (Å²) in [7, 11) is 1.70. The summed E-state index contributed by atoms with van der Waals surface area (Å²) in [6, 6.07) is 7.27. The van der Waals surface area contributed by atoms with Crippen molar-refractivity contribution in [3.8, 4) is 0 Å². The van der Waals surface area contributed by atoms with Gasteiger partial charge in [0.25, 0.3) is 5.91 Å². The number of nitrogens with zero attached hydrogens (tertiary/aromatic N) is 2. The maximum Gasteiger partial charge on any atom is 0.260 e. The summed E-state index contributed by atoms with van der Waals surface area (Å²) in [6.45, 7) is 0. The quantitative estimate of drug-likeness (QED) is 0.807. The molecule has 1 aromatic carbocycles. The molecule has 16 heavy (non-hydrogen) atoms. The number of benzene rings is 1. The first kappa shape index (κ1) is 10.6. The van der Waals surface area contributed by atoms with E-state index in [2.05, 4.69) is 4.37 Å². The molecule has 1 aromatic heterocycles. The summed E-state index contributed by atoms with van der Waals surface area (Å²) in [6.07, 6.45) is 1.56. The number of aromatic nitrogens is 1. The number of rotatable bonds is 2. The smallest absolute Gasteiger partial charge is 0.260 e. The lowest BCUT2D eigenvalue weighted by Crippen LogP contribution is -2.26. The van der Waals surface area contributed by atoms with Gasteiger partial charge in [-0.15, -0.1) is 0 Å². The number of hydrogen-bond acceptors (Lipinski definition) is 4. The molecule has 0 radical (unpaired) electrons. The SMILES string of the molecule is CN(C(=O)c1cnsc1)c1ccccc1N. The molecular formula is C11H11N3OS. The molecule has 0 saturated heterocycles. The van der Waals surface area contributed by atoms with Gasteiger partial charge in [-0.3, -0.25) is 4.79 Å². The highest BCUT2D eigenvalue weighted by molar-refractivity contribution is 7.03. The minimum Gasteiger partial charge on any atom is -0.397 e. The van der Waals surface area contributed by atoms with E-state index in [0.717, 1.165) is 0 Å². The summed E-state index contributed by atoms with van der Waals surface area (Å²) < 4.78 is 3.90. The number of hydrogen-bond donors (Lipinski definition) is 1. The monoisotopic (exact) mass is 233 g/mol. The normalized spacial score (nSPS) is 10.1. The average molecular weight is 233 g/mol. The van der Waals surface area contributed by atoms with Crippen LogP contribution in [-0.2, 0) is 0 Å². The van der Waals surface area contributed by atoms with Crippen LogP contribution in [0.1, 0.15) is 10.4 Å². The van der Waals surface area contributed by atoms with Gasteiger partial charge in [0, 0.05) is 12.4 Å². The largest absolute Gasteiger partial charge is 0.397 e. The minimum absolute atomic E-state index is 0.105. The van der Waals surface area contributed by atoms with Crippen LogP contribution in [0.2, 0.25) is 0 Å². The number of carbonyl (C=O) groups excluding carboxylic acids is 1. The number of carbonyl (C=O) groups is 1. The molecule has 2 N–H and O–H groups in total. The molecule has 4 nitrogen and oxygen atoms in total. The topological polar surface area (TPSA) is 59.2 Å². The van der Waals surface area contributed by atoms with Crippen molar-refractivity contribution < 1.29 is 4.79 Å². The van der Waals surface area contributed by atoms with Gasteiger partial charge in [0.05, 0.1) is 23.1 Å². The third kappa shape index (κ3) is 1.90. The van der Waals surface area contributed by atoms with E-state index in [1.54, 1.807) is 24.7 Å². The van der Waals surface area contributed by atoms with E-state index in [9.17, 15) is 4.79 Å². The van der Waals surface area contributed by atoms with Crippen LogP contribution in [0.5, 0.6) is 0 Å². The van der Waals surface area contributed by atoms with Crippen molar-refractivity contribution in [1.82, 2.24) is 4.37 Å². The maximum absolute atomic E-state index is 12.0. The molecule has 2 rings (SSSR count). The Hall–Kier alpha value is -1.88. The van der Waals surface area contributed by atoms with Crippen molar-refractivity contribution in [3.63, 3.8) is 0 Å². The van der Waals surface area contributed by atoms with Gasteiger partial charge in [0.1, 0.15) is 0 Å². The summed E-state index contributed by atoms with van der Waals surface area (Å²) in [5, 5.41) is 1.72. The molecule has 5 heteroatoms. The average Bonchev–Trinajstić information content (AvgIpc) is 2.81. The Morgan fingerprint density at radius 3 is 2.81 bits per heavy atom. The lowest BCUT2D eigenvalue weighted by Gasteiger charge is -2.18. The number of nitrogen functional groups attached to an aromatic ring is 1. The first-order valence-electron chi connectivity index (χ1n) is 4.72. The highest BCUT2D eigenvalue weighted by atomic mass is 32.1. The Bertz CT molecular complexity index is 496. The molecule has 0 aliphatic rings. The Morgan fingerprint density at radius 2 is 2.19 bits per heavy atom. The number of nitrogens with two attached hydrogens (primary N) is 1. The molecule has 2 aromatic rings. The van der Waals surface area contributed by atoms with Crippen LogP contribution < -0.4 is 10.6 Å². The summed E-state index contributed by atoms with van der Waals surface area (Å²) in [5.41, 5.74) is 7.68. The van der Waals surface area contributed by atoms with Crippen LogP contribution in [0.4, 0.5) is 11.4 Å². The molecule has 0 aliphatic heterocycles. The summed E-state index contributed by atoms with van der Waals surface area (Å²) in [5.74, 6) is -0.105. The molecule has 82 valence electrons. The fourth-order valence-electron chi connectivity index (χ4n) is 1.41. The molecule has 1 amide bonds. The molecule has 0 fully saturated rings. The molecule has 0 aliphatic carbocycles. The van der Waals surface area contributed by atoms with E-state index < -0.39 is 0 Å². The molecule has 1 heterocycles. The van der Waals surface area contributed by atoms with Gasteiger partial charge >= 0.3 is 0 Å². The van der Waals surface area contributed by atoms with Gasteiger partial charge < -0.3 is 10.6 Å². The van der Waals surface area contributed by atoms with Crippen LogP contribution in [-0.4, -0.2) is 17.3 Å². The summed E-state index contributed by atoms with van der Waals surface area (Å²) in [4.78, 5) is 13.5. The number of anilines is 2. The number of amides is 1. The van der Waals surface area contributed by atoms with Crippen molar-refractivity contribution in [2.75, 3.05) is 17.7 Å². The summed E-state index contributed by atoms with van der Waals surface area (Å²) >= 11 is 1.26. The Labute approximate surface area is 97.5 Å². The van der Waals surface area contributed by atoms with Gasteiger partial charge in [0.15, 0.2) is 0 Å². The van der Waals surface area contributed by atoms with Gasteiger partial charge in [-0.25, -0.2) is 4.37 Å². The molecule has 0 spiro atoms. The van der Waals surface area contributed by atoms with E-state index in [1.165, 1.54) is 16.4 Å². The van der Waals surface area contributed by atoms with E-state index in [0.29, 0.717) is 16.9 Å². The molecule has 0 unspecified atom stereocenters. The third-order valence-electron chi connectivity index (χ3n) is 2.28. The first-order chi connectivity index (χ1) is 7.70. The Balaban J connectivity index is 2.30. The highest BCUT2D eigenvalue weighted by Gasteiger charge is 2.15. The van der Waals surface area contributed by atoms with Gasteiger partial charge in [-0.2, -0.15) is 0 Å². The second-order valence-electron chi connectivity index (χ2n) is 3.34. The minimum atomic E-state index is -0.105. The first-order valence-corrected chi connectivity index (χ1v) is 5.55. The zero-order valence-corrected chi connectivity index (χ0v) is 9.57. The number of para-hydroxylation sites is 2. The predicted octanol–water partition coefficient (Wildman–Crippen LogP) is 2.00. The van der Waals surface area contributed by atoms with E-state index in [-0.39, 0.29) is 5.91 Å². The standard InChI is InChI=1S/C11H11N3OS/c1-14(10-5-3-2-4-9(10)12)11(15)8-6-13-16-7-8/h2-7H,12H2,1H3. The van der Waals surface area contributed by atoms with Crippen LogP contribution in [0, 0.1) is 0 Å². The lowest BCUT2D eigenvalue weighted by molar-refractivity contribution is 0.0993. The van der Waals surface area contributed by atoms with Crippen molar-refractivity contribution in [3.05, 3.63) is 41.4 Å². The van der Waals surface area contributed by atoms with Crippen molar-refractivity contribution in [2.45, 2.75) is 0 Å². The second kappa shape index (κ2) is 4.32. The lowest BCUT2D eigenvalue weighted by atomic mass is 10.2. The van der Waals surface area contributed by atoms with E-state index in [1.807, 2.05) is 18.2 Å². The molecule has 0 bridgehead atoms. The highest BCUT2D eigenvalue weighted by Crippen LogP contribution is 2.22. The predicted molar refractivity (Wildman–Crippen MR) is 65.7 cm³/mol. The van der Waals surface area contributed by atoms with Gasteiger partial charge in [-0.1, -0.05) is 12.1 Å². The molecular weight excluding hydrogens is 222 g/mol. The second-order valence-corrected chi connectivity index (χ2v) is 3.99. The maximum atomic E-state index is 12.0. The van der Waals surface area contributed by atoms with Crippen molar-refractivity contribution >= 4 is 28.8 Å². The van der Waals surface area contributed by atoms with Crippen molar-refractivity contribution in [2.24, 2.45) is 0 Å².